The van der Waals surface area contributed by atoms with Crippen LogP contribution in [0, 0.1) is 15.9 Å². The molecule has 0 aliphatic carbocycles. The van der Waals surface area contributed by atoms with E-state index in [1.54, 1.807) is 6.07 Å². The van der Waals surface area contributed by atoms with E-state index in [0.29, 0.717) is 0 Å². The zero-order valence-corrected chi connectivity index (χ0v) is 15.0. The first-order valence-corrected chi connectivity index (χ1v) is 8.43. The van der Waals surface area contributed by atoms with Crippen molar-refractivity contribution < 1.29 is 14.1 Å². The Morgan fingerprint density at radius 1 is 1.14 bits per heavy atom. The molecule has 0 fully saturated rings. The van der Waals surface area contributed by atoms with Gasteiger partial charge < -0.3 is 9.88 Å². The average Bonchev–Trinajstić information content (AvgIpc) is 2.66. The Morgan fingerprint density at radius 3 is 2.61 bits per heavy atom. The van der Waals surface area contributed by atoms with Gasteiger partial charge in [0.05, 0.1) is 17.0 Å². The molecule has 3 aromatic rings. The number of nitro groups is 1. The van der Waals surface area contributed by atoms with Gasteiger partial charge in [-0.2, -0.15) is 0 Å². The molecule has 0 aliphatic rings. The van der Waals surface area contributed by atoms with E-state index < -0.39 is 22.2 Å². The number of carbonyl (C=O) groups excluding carboxylic acids is 1. The lowest BCUT2D eigenvalue weighted by molar-refractivity contribution is -0.383. The second kappa shape index (κ2) is 8.01. The number of nitrogens with one attached hydrogen (secondary N) is 1. The summed E-state index contributed by atoms with van der Waals surface area (Å²) in [6, 6.07) is 12.3. The van der Waals surface area contributed by atoms with E-state index in [0.717, 1.165) is 10.6 Å². The maximum absolute atomic E-state index is 14.0. The Balaban J connectivity index is 1.90. The first kappa shape index (κ1) is 19.2. The molecule has 9 heteroatoms. The summed E-state index contributed by atoms with van der Waals surface area (Å²) in [7, 11) is 0. The van der Waals surface area contributed by atoms with E-state index in [2.05, 4.69) is 5.32 Å². The van der Waals surface area contributed by atoms with Gasteiger partial charge in [0.25, 0.3) is 17.2 Å². The molecule has 0 saturated carbocycles. The largest absolute Gasteiger partial charge is 0.316 e. The van der Waals surface area contributed by atoms with Gasteiger partial charge in [-0.1, -0.05) is 29.8 Å². The summed E-state index contributed by atoms with van der Waals surface area (Å²) < 4.78 is 15.1. The van der Waals surface area contributed by atoms with Crippen LogP contribution in [0.3, 0.4) is 0 Å². The predicted octanol–water partition coefficient (Wildman–Crippen LogP) is 3.85. The van der Waals surface area contributed by atoms with Gasteiger partial charge in [0.2, 0.25) is 0 Å². The third-order valence-corrected chi connectivity index (χ3v) is 4.34. The fraction of sp³-hybridized carbons (Fsp3) is 0.0526. The highest BCUT2D eigenvalue weighted by molar-refractivity contribution is 6.31. The van der Waals surface area contributed by atoms with Crippen LogP contribution in [-0.4, -0.2) is 15.4 Å². The van der Waals surface area contributed by atoms with Crippen molar-refractivity contribution in [2.24, 2.45) is 0 Å². The van der Waals surface area contributed by atoms with E-state index in [9.17, 15) is 24.1 Å². The van der Waals surface area contributed by atoms with Crippen LogP contribution in [0.15, 0.2) is 65.6 Å². The molecule has 3 rings (SSSR count). The van der Waals surface area contributed by atoms with Gasteiger partial charge in [0.15, 0.2) is 0 Å². The second-order valence-electron chi connectivity index (χ2n) is 5.81. The van der Waals surface area contributed by atoms with Crippen LogP contribution in [0.25, 0.3) is 0 Å². The molecule has 0 unspecified atom stereocenters. The number of carbonyl (C=O) groups is 1. The summed E-state index contributed by atoms with van der Waals surface area (Å²) >= 11 is 5.99. The highest BCUT2D eigenvalue weighted by Crippen LogP contribution is 2.24. The minimum atomic E-state index is -0.650. The Bertz CT molecular complexity index is 1110. The molecule has 1 amide bonds. The third kappa shape index (κ3) is 4.07. The zero-order chi connectivity index (χ0) is 20.3. The highest BCUT2D eigenvalue weighted by atomic mass is 35.5. The van der Waals surface area contributed by atoms with Crippen LogP contribution < -0.4 is 10.9 Å². The van der Waals surface area contributed by atoms with Crippen molar-refractivity contribution in [3.05, 3.63) is 103 Å². The van der Waals surface area contributed by atoms with Crippen LogP contribution in [0.1, 0.15) is 15.9 Å². The number of hydrogen-bond donors (Lipinski definition) is 1. The Morgan fingerprint density at radius 2 is 1.89 bits per heavy atom. The SMILES string of the molecule is O=C(Nc1ccccc1[N+](=O)[O-])c1ccc(=O)n(Cc2c(F)cccc2Cl)c1. The average molecular weight is 402 g/mol. The smallest absolute Gasteiger partial charge is 0.292 e. The minimum absolute atomic E-state index is 0.0207. The summed E-state index contributed by atoms with van der Waals surface area (Å²) in [4.78, 5) is 35.0. The van der Waals surface area contributed by atoms with E-state index >= 15 is 0 Å². The third-order valence-electron chi connectivity index (χ3n) is 3.98. The second-order valence-corrected chi connectivity index (χ2v) is 6.22. The number of halogens is 2. The number of amides is 1. The predicted molar refractivity (Wildman–Crippen MR) is 102 cm³/mol. The maximum atomic E-state index is 14.0. The number of pyridine rings is 1. The zero-order valence-electron chi connectivity index (χ0n) is 14.3. The first-order valence-electron chi connectivity index (χ1n) is 8.05. The van der Waals surface area contributed by atoms with Crippen LogP contribution in [0.2, 0.25) is 5.02 Å². The molecule has 1 N–H and O–H groups in total. The summed E-state index contributed by atoms with van der Waals surface area (Å²) in [5.74, 6) is -1.23. The maximum Gasteiger partial charge on any atom is 0.292 e. The first-order chi connectivity index (χ1) is 13.4. The molecule has 0 spiro atoms. The van der Waals surface area contributed by atoms with Gasteiger partial charge in [-0.15, -0.1) is 0 Å². The van der Waals surface area contributed by atoms with Gasteiger partial charge in [0, 0.05) is 28.9 Å². The van der Waals surface area contributed by atoms with E-state index in [4.69, 9.17) is 11.6 Å². The van der Waals surface area contributed by atoms with Gasteiger partial charge in [-0.25, -0.2) is 4.39 Å². The van der Waals surface area contributed by atoms with E-state index in [1.165, 1.54) is 48.7 Å². The van der Waals surface area contributed by atoms with Crippen molar-refractivity contribution in [2.45, 2.75) is 6.54 Å². The molecule has 0 saturated heterocycles. The summed E-state index contributed by atoms with van der Waals surface area (Å²) in [5.41, 5.74) is -0.510. The molecule has 0 bridgehead atoms. The van der Waals surface area contributed by atoms with Crippen molar-refractivity contribution in [2.75, 3.05) is 5.32 Å². The van der Waals surface area contributed by atoms with Crippen molar-refractivity contribution in [1.29, 1.82) is 0 Å². The minimum Gasteiger partial charge on any atom is -0.316 e. The van der Waals surface area contributed by atoms with Gasteiger partial charge in [-0.3, -0.25) is 19.7 Å². The standard InChI is InChI=1S/C19H13ClFN3O4/c20-14-4-3-5-15(21)13(14)11-23-10-12(8-9-18(23)25)19(26)22-16-6-1-2-7-17(16)24(27)28/h1-10H,11H2,(H,22,26). The summed E-state index contributed by atoms with van der Waals surface area (Å²) in [6.07, 6.45) is 1.25. The molecule has 7 nitrogen and oxygen atoms in total. The van der Waals surface area contributed by atoms with E-state index in [-0.39, 0.29) is 34.1 Å². The Hall–Kier alpha value is -3.52. The Labute approximate surface area is 163 Å². The number of anilines is 1. The number of nitro benzene ring substituents is 1. The fourth-order valence-corrected chi connectivity index (χ4v) is 2.80. The number of para-hydroxylation sites is 2. The lowest BCUT2D eigenvalue weighted by atomic mass is 10.2. The number of hydrogen-bond acceptors (Lipinski definition) is 4. The normalized spacial score (nSPS) is 10.5. The molecule has 1 aromatic heterocycles. The van der Waals surface area contributed by atoms with Crippen molar-refractivity contribution >= 4 is 28.9 Å². The van der Waals surface area contributed by atoms with Crippen molar-refractivity contribution in [3.63, 3.8) is 0 Å². The van der Waals surface area contributed by atoms with E-state index in [1.807, 2.05) is 0 Å². The number of aromatic nitrogens is 1. The fourth-order valence-electron chi connectivity index (χ4n) is 2.58. The number of benzene rings is 2. The quantitative estimate of drug-likeness (QED) is 0.519. The highest BCUT2D eigenvalue weighted by Gasteiger charge is 2.17. The van der Waals surface area contributed by atoms with Crippen LogP contribution >= 0.6 is 11.6 Å². The van der Waals surface area contributed by atoms with Gasteiger partial charge >= 0.3 is 0 Å². The van der Waals surface area contributed by atoms with Gasteiger partial charge in [0.1, 0.15) is 11.5 Å². The molecular weight excluding hydrogens is 389 g/mol. The number of rotatable bonds is 5. The lowest BCUT2D eigenvalue weighted by Gasteiger charge is -2.11. The van der Waals surface area contributed by atoms with Crippen LogP contribution in [0.5, 0.6) is 0 Å². The monoisotopic (exact) mass is 401 g/mol. The molecule has 0 radical (unpaired) electrons. The number of nitrogens with zero attached hydrogens (tertiary/aromatic N) is 2. The molecule has 2 aromatic carbocycles. The van der Waals surface area contributed by atoms with Crippen LogP contribution in [0.4, 0.5) is 15.8 Å². The van der Waals surface area contributed by atoms with Gasteiger partial charge in [-0.05, 0) is 24.3 Å². The summed E-state index contributed by atoms with van der Waals surface area (Å²) in [5, 5.41) is 13.7. The van der Waals surface area contributed by atoms with Crippen LogP contribution in [-0.2, 0) is 6.54 Å². The molecule has 142 valence electrons. The lowest BCUT2D eigenvalue weighted by Crippen LogP contribution is -2.23. The summed E-state index contributed by atoms with van der Waals surface area (Å²) in [6.45, 7) is -0.170. The molecular formula is C19H13ClFN3O4. The molecule has 0 atom stereocenters. The molecule has 28 heavy (non-hydrogen) atoms. The van der Waals surface area contributed by atoms with Crippen molar-refractivity contribution in [1.82, 2.24) is 4.57 Å². The topological polar surface area (TPSA) is 94.2 Å². The molecule has 1 heterocycles. The molecule has 0 aliphatic heterocycles. The van der Waals surface area contributed by atoms with Crippen molar-refractivity contribution in [3.8, 4) is 0 Å². The Kier molecular flexibility index (Phi) is 5.51.